The van der Waals surface area contributed by atoms with Crippen molar-refractivity contribution in [3.05, 3.63) is 42.2 Å². The average molecular weight is 184 g/mol. The number of rotatable bonds is 0. The molecule has 0 saturated heterocycles. The van der Waals surface area contributed by atoms with Gasteiger partial charge in [-0.05, 0) is 16.4 Å². The molecule has 0 N–H and O–H groups in total. The van der Waals surface area contributed by atoms with Crippen molar-refractivity contribution in [2.75, 3.05) is 0 Å². The third-order valence-electron chi connectivity index (χ3n) is 2.36. The van der Waals surface area contributed by atoms with Crippen LogP contribution in [-0.4, -0.2) is 4.98 Å². The molecular formula is C13H14N. The molecule has 1 heterocycles. The number of hydrogen-bond donors (Lipinski definition) is 0. The van der Waals surface area contributed by atoms with E-state index in [1.54, 1.807) is 0 Å². The molecule has 0 bridgehead atoms. The van der Waals surface area contributed by atoms with Crippen molar-refractivity contribution in [2.45, 2.75) is 26.2 Å². The Labute approximate surface area is 84.8 Å². The van der Waals surface area contributed by atoms with E-state index in [1.165, 1.54) is 16.3 Å². The molecule has 0 aliphatic heterocycles. The van der Waals surface area contributed by atoms with E-state index in [0.29, 0.717) is 0 Å². The van der Waals surface area contributed by atoms with Gasteiger partial charge in [-0.1, -0.05) is 45.0 Å². The van der Waals surface area contributed by atoms with E-state index in [2.05, 4.69) is 50.2 Å². The second kappa shape index (κ2) is 3.09. The van der Waals surface area contributed by atoms with Gasteiger partial charge >= 0.3 is 0 Å². The zero-order valence-corrected chi connectivity index (χ0v) is 8.83. The molecular weight excluding hydrogens is 170 g/mol. The summed E-state index contributed by atoms with van der Waals surface area (Å²) in [6.07, 6.45) is 4.97. The number of nitrogens with zero attached hydrogens (tertiary/aromatic N) is 1. The van der Waals surface area contributed by atoms with E-state index >= 15 is 0 Å². The van der Waals surface area contributed by atoms with Gasteiger partial charge in [-0.15, -0.1) is 0 Å². The summed E-state index contributed by atoms with van der Waals surface area (Å²) in [5.41, 5.74) is 1.30. The first-order chi connectivity index (χ1) is 6.59. The van der Waals surface area contributed by atoms with Crippen LogP contribution in [0.1, 0.15) is 26.3 Å². The first-order valence-electron chi connectivity index (χ1n) is 4.85. The summed E-state index contributed by atoms with van der Waals surface area (Å²) in [4.78, 5) is 4.15. The number of benzene rings is 1. The van der Waals surface area contributed by atoms with Crippen molar-refractivity contribution in [3.8, 4) is 0 Å². The standard InChI is InChI=1S/C13H14N/c1-13(2,3)12-9-14-8-10-6-4-5-7-11(10)12/h4-8H,1-3H3. The summed E-state index contributed by atoms with van der Waals surface area (Å²) in [5, 5.41) is 2.45. The molecule has 1 aromatic heterocycles. The van der Waals surface area contributed by atoms with Gasteiger partial charge in [0.05, 0.1) is 6.20 Å². The summed E-state index contributed by atoms with van der Waals surface area (Å²) in [6, 6.07) is 8.32. The lowest BCUT2D eigenvalue weighted by molar-refractivity contribution is 0.592. The Morgan fingerprint density at radius 1 is 1.14 bits per heavy atom. The van der Waals surface area contributed by atoms with Gasteiger partial charge in [0.15, 0.2) is 0 Å². The monoisotopic (exact) mass is 184 g/mol. The van der Waals surface area contributed by atoms with Gasteiger partial charge in [0.1, 0.15) is 0 Å². The minimum atomic E-state index is 0.105. The molecule has 0 amide bonds. The van der Waals surface area contributed by atoms with E-state index in [1.807, 2.05) is 12.3 Å². The predicted octanol–water partition coefficient (Wildman–Crippen LogP) is 3.33. The maximum absolute atomic E-state index is 4.15. The lowest BCUT2D eigenvalue weighted by Crippen LogP contribution is -2.12. The van der Waals surface area contributed by atoms with E-state index in [9.17, 15) is 0 Å². The van der Waals surface area contributed by atoms with Crippen molar-refractivity contribution >= 4 is 10.8 Å². The highest BCUT2D eigenvalue weighted by atomic mass is 14.6. The van der Waals surface area contributed by atoms with Gasteiger partial charge in [-0.3, -0.25) is 4.98 Å². The second-order valence-corrected chi connectivity index (χ2v) is 4.58. The van der Waals surface area contributed by atoms with Gasteiger partial charge in [-0.2, -0.15) is 0 Å². The zero-order valence-electron chi connectivity index (χ0n) is 8.83. The van der Waals surface area contributed by atoms with Crippen molar-refractivity contribution in [1.82, 2.24) is 4.98 Å². The topological polar surface area (TPSA) is 12.9 Å². The van der Waals surface area contributed by atoms with Crippen molar-refractivity contribution in [3.63, 3.8) is 0 Å². The molecule has 1 heteroatoms. The third-order valence-corrected chi connectivity index (χ3v) is 2.36. The fourth-order valence-electron chi connectivity index (χ4n) is 1.64. The Bertz CT molecular complexity index is 447. The number of fused-ring (bicyclic) bond motifs is 1. The SMILES string of the molecule is CC(C)(C)c1[c]ncc2ccccc12. The Balaban J connectivity index is 2.78. The van der Waals surface area contributed by atoms with Crippen molar-refractivity contribution in [2.24, 2.45) is 0 Å². The highest BCUT2D eigenvalue weighted by Crippen LogP contribution is 2.28. The third kappa shape index (κ3) is 1.50. The fraction of sp³-hybridized carbons (Fsp3) is 0.308. The average Bonchev–Trinajstić information content (AvgIpc) is 2.15. The van der Waals surface area contributed by atoms with E-state index in [4.69, 9.17) is 0 Å². The van der Waals surface area contributed by atoms with Crippen LogP contribution >= 0.6 is 0 Å². The number of aromatic nitrogens is 1. The fourth-order valence-corrected chi connectivity index (χ4v) is 1.64. The van der Waals surface area contributed by atoms with Gasteiger partial charge in [0, 0.05) is 11.6 Å². The molecule has 0 aliphatic carbocycles. The maximum Gasteiger partial charge on any atom is 0.0933 e. The van der Waals surface area contributed by atoms with Gasteiger partial charge in [0.25, 0.3) is 0 Å². The molecule has 0 aliphatic rings. The summed E-state index contributed by atoms with van der Waals surface area (Å²) in [5.74, 6) is 0. The lowest BCUT2D eigenvalue weighted by atomic mass is 9.85. The quantitative estimate of drug-likeness (QED) is 0.612. The van der Waals surface area contributed by atoms with Crippen LogP contribution in [0.2, 0.25) is 0 Å². The van der Waals surface area contributed by atoms with E-state index < -0.39 is 0 Å². The molecule has 0 fully saturated rings. The number of pyridine rings is 1. The highest BCUT2D eigenvalue weighted by Gasteiger charge is 2.16. The van der Waals surface area contributed by atoms with Crippen molar-refractivity contribution < 1.29 is 0 Å². The van der Waals surface area contributed by atoms with Crippen LogP contribution in [0.3, 0.4) is 0 Å². The van der Waals surface area contributed by atoms with Crippen LogP contribution in [0.15, 0.2) is 30.5 Å². The Hall–Kier alpha value is -1.37. The molecule has 14 heavy (non-hydrogen) atoms. The first-order valence-corrected chi connectivity index (χ1v) is 4.85. The molecule has 2 rings (SSSR count). The smallest absolute Gasteiger partial charge is 0.0933 e. The Morgan fingerprint density at radius 3 is 2.57 bits per heavy atom. The molecule has 71 valence electrons. The predicted molar refractivity (Wildman–Crippen MR) is 59.3 cm³/mol. The van der Waals surface area contributed by atoms with Gasteiger partial charge in [-0.25, -0.2) is 0 Å². The lowest BCUT2D eigenvalue weighted by Gasteiger charge is -2.19. The van der Waals surface area contributed by atoms with Gasteiger partial charge < -0.3 is 0 Å². The summed E-state index contributed by atoms with van der Waals surface area (Å²) < 4.78 is 0. The summed E-state index contributed by atoms with van der Waals surface area (Å²) >= 11 is 0. The van der Waals surface area contributed by atoms with Crippen LogP contribution in [0.25, 0.3) is 10.8 Å². The largest absolute Gasteiger partial charge is 0.254 e. The second-order valence-electron chi connectivity index (χ2n) is 4.58. The Morgan fingerprint density at radius 2 is 1.86 bits per heavy atom. The molecule has 0 atom stereocenters. The minimum absolute atomic E-state index is 0.105. The zero-order chi connectivity index (χ0) is 10.2. The van der Waals surface area contributed by atoms with Crippen LogP contribution in [0.5, 0.6) is 0 Å². The number of hydrogen-bond acceptors (Lipinski definition) is 1. The van der Waals surface area contributed by atoms with Crippen LogP contribution in [0.4, 0.5) is 0 Å². The van der Waals surface area contributed by atoms with E-state index in [0.717, 1.165) is 0 Å². The molecule has 1 radical (unpaired) electrons. The van der Waals surface area contributed by atoms with Crippen LogP contribution < -0.4 is 0 Å². The summed E-state index contributed by atoms with van der Waals surface area (Å²) in [7, 11) is 0. The molecule has 0 spiro atoms. The highest BCUT2D eigenvalue weighted by molar-refractivity contribution is 5.85. The molecule has 2 aromatic rings. The normalized spacial score (nSPS) is 11.9. The first kappa shape index (κ1) is 9.20. The molecule has 1 nitrogen and oxygen atoms in total. The van der Waals surface area contributed by atoms with Crippen molar-refractivity contribution in [1.29, 1.82) is 0 Å². The minimum Gasteiger partial charge on any atom is -0.254 e. The van der Waals surface area contributed by atoms with Gasteiger partial charge in [0.2, 0.25) is 0 Å². The summed E-state index contributed by atoms with van der Waals surface area (Å²) in [6.45, 7) is 6.56. The molecule has 0 unspecified atom stereocenters. The molecule has 1 aromatic carbocycles. The maximum atomic E-state index is 4.15. The van der Waals surface area contributed by atoms with Crippen LogP contribution in [0, 0.1) is 6.20 Å². The van der Waals surface area contributed by atoms with E-state index in [-0.39, 0.29) is 5.41 Å². The Kier molecular flexibility index (Phi) is 2.03. The molecule has 0 saturated carbocycles. The van der Waals surface area contributed by atoms with Crippen LogP contribution in [-0.2, 0) is 5.41 Å².